The van der Waals surface area contributed by atoms with Crippen molar-refractivity contribution in [1.29, 1.82) is 10.5 Å². The molecule has 0 saturated carbocycles. The zero-order valence-corrected chi connectivity index (χ0v) is 23.1. The van der Waals surface area contributed by atoms with Crippen LogP contribution in [0, 0.1) is 22.7 Å². The number of hydrogen-bond donors (Lipinski definition) is 2. The summed E-state index contributed by atoms with van der Waals surface area (Å²) in [4.78, 5) is 23.8. The maximum Gasteiger partial charge on any atom is 0.283 e. The summed E-state index contributed by atoms with van der Waals surface area (Å²) in [5.74, 6) is -0.234. The van der Waals surface area contributed by atoms with Crippen molar-refractivity contribution in [1.82, 2.24) is 24.5 Å². The molecule has 0 radical (unpaired) electrons. The van der Waals surface area contributed by atoms with Crippen molar-refractivity contribution in [3.05, 3.63) is 44.4 Å². The number of benzene rings is 1. The predicted octanol–water partition coefficient (Wildman–Crippen LogP) is 3.20. The number of thiazole rings is 1. The van der Waals surface area contributed by atoms with Gasteiger partial charge in [0.25, 0.3) is 15.9 Å². The van der Waals surface area contributed by atoms with Gasteiger partial charge in [0, 0.05) is 77.5 Å². The molecule has 2 aliphatic heterocycles. The van der Waals surface area contributed by atoms with Crippen LogP contribution in [0.5, 0.6) is 0 Å². The van der Waals surface area contributed by atoms with Crippen LogP contribution in [0.3, 0.4) is 0 Å². The van der Waals surface area contributed by atoms with Crippen molar-refractivity contribution in [2.24, 2.45) is 0 Å². The summed E-state index contributed by atoms with van der Waals surface area (Å²) >= 11 is 7.51. The Morgan fingerprint density at radius 1 is 1.29 bits per heavy atom. The minimum atomic E-state index is -4.03. The van der Waals surface area contributed by atoms with Crippen molar-refractivity contribution in [3.8, 4) is 12.1 Å². The van der Waals surface area contributed by atoms with E-state index in [1.807, 2.05) is 0 Å². The molecule has 2 N–H and O–H groups in total. The molecule has 38 heavy (non-hydrogen) atoms. The number of aromatic amines is 1. The Hall–Kier alpha value is -3.00. The fourth-order valence-electron chi connectivity index (χ4n) is 5.11. The molecule has 3 aromatic rings. The topological polar surface area (TPSA) is 146 Å². The number of nitrogens with one attached hydrogen (secondary N) is 2. The maximum absolute atomic E-state index is 13.8. The molecule has 13 heteroatoms. The van der Waals surface area contributed by atoms with E-state index < -0.39 is 16.1 Å². The summed E-state index contributed by atoms with van der Waals surface area (Å²) in [5, 5.41) is 23.4. The molecule has 0 aliphatic carbocycles. The number of piperazine rings is 1. The first-order valence-electron chi connectivity index (χ1n) is 12.3. The zero-order valence-electron chi connectivity index (χ0n) is 20.7. The van der Waals surface area contributed by atoms with Gasteiger partial charge in [0.05, 0.1) is 24.3 Å². The third kappa shape index (κ3) is 4.91. The van der Waals surface area contributed by atoms with E-state index in [1.54, 1.807) is 23.1 Å². The van der Waals surface area contributed by atoms with Crippen LogP contribution in [0.25, 0.3) is 10.9 Å². The Labute approximate surface area is 229 Å². The molecule has 4 heterocycles. The number of nitriles is 2. The van der Waals surface area contributed by atoms with Gasteiger partial charge in [0.1, 0.15) is 0 Å². The molecule has 1 aromatic carbocycles. The molecule has 0 bridgehead atoms. The van der Waals surface area contributed by atoms with E-state index in [0.717, 1.165) is 17.0 Å². The number of amides is 1. The first-order valence-corrected chi connectivity index (χ1v) is 14.9. The lowest BCUT2D eigenvalue weighted by Crippen LogP contribution is -2.56. The monoisotopic (exact) mass is 571 g/mol. The lowest BCUT2D eigenvalue weighted by atomic mass is 10.1. The van der Waals surface area contributed by atoms with E-state index >= 15 is 0 Å². The Kier molecular flexibility index (Phi) is 7.45. The van der Waals surface area contributed by atoms with Gasteiger partial charge in [-0.3, -0.25) is 4.79 Å². The second kappa shape index (κ2) is 10.6. The average molecular weight is 572 g/mol. The third-order valence-electron chi connectivity index (χ3n) is 7.05. The van der Waals surface area contributed by atoms with Crippen LogP contribution in [0.15, 0.2) is 23.2 Å². The Morgan fingerprint density at radius 2 is 2.11 bits per heavy atom. The van der Waals surface area contributed by atoms with Crippen LogP contribution >= 0.6 is 22.9 Å². The van der Waals surface area contributed by atoms with Gasteiger partial charge in [-0.15, -0.1) is 11.3 Å². The molecular formula is C25H26ClN7O3S2. The van der Waals surface area contributed by atoms with E-state index in [-0.39, 0.29) is 49.5 Å². The van der Waals surface area contributed by atoms with Crippen LogP contribution in [0.4, 0.5) is 0 Å². The Balaban J connectivity index is 1.43. The number of rotatable bonds is 6. The van der Waals surface area contributed by atoms with Crippen molar-refractivity contribution in [2.45, 2.75) is 56.3 Å². The largest absolute Gasteiger partial charge is 0.344 e. The minimum Gasteiger partial charge on any atom is -0.344 e. The lowest BCUT2D eigenvalue weighted by Gasteiger charge is -2.40. The van der Waals surface area contributed by atoms with Gasteiger partial charge in [0.2, 0.25) is 0 Å². The minimum absolute atomic E-state index is 0.0376. The van der Waals surface area contributed by atoms with Gasteiger partial charge in [-0.1, -0.05) is 11.6 Å². The summed E-state index contributed by atoms with van der Waals surface area (Å²) < 4.78 is 29.0. The number of hydrogen-bond acceptors (Lipinski definition) is 8. The normalized spacial score (nSPS) is 20.2. The number of H-pyrrole nitrogens is 1. The summed E-state index contributed by atoms with van der Waals surface area (Å²) in [6.07, 6.45) is 1.17. The second-order valence-corrected chi connectivity index (χ2v) is 12.9. The Bertz CT molecular complexity index is 1580. The quantitative estimate of drug-likeness (QED) is 0.462. The zero-order chi connectivity index (χ0) is 27.0. The molecule has 1 saturated heterocycles. The standard InChI is InChI=1S/C25H26ClN7O3S2/c1-15-11-21-22(13-29-15)37-23(30-21)25(34)33-10-9-32(14-17(33)3-2-7-27)38(35,36)24-18(6-8-28)19-12-16(26)4-5-20(19)31-24/h4-5,12,15,17,29,31H,2-3,6,9-11,13-14H2,1H3. The number of aromatic nitrogens is 2. The van der Waals surface area contributed by atoms with Gasteiger partial charge in [-0.05, 0) is 31.5 Å². The van der Waals surface area contributed by atoms with Gasteiger partial charge < -0.3 is 15.2 Å². The van der Waals surface area contributed by atoms with Gasteiger partial charge in [-0.25, -0.2) is 13.4 Å². The van der Waals surface area contributed by atoms with E-state index in [2.05, 4.69) is 34.3 Å². The van der Waals surface area contributed by atoms with Crippen molar-refractivity contribution in [2.75, 3.05) is 19.6 Å². The van der Waals surface area contributed by atoms with Gasteiger partial charge >= 0.3 is 0 Å². The number of fused-ring (bicyclic) bond motifs is 2. The highest BCUT2D eigenvalue weighted by atomic mass is 35.5. The summed E-state index contributed by atoms with van der Waals surface area (Å²) in [6, 6.07) is 8.96. The number of halogens is 1. The maximum atomic E-state index is 13.8. The summed E-state index contributed by atoms with van der Waals surface area (Å²) in [6.45, 7) is 3.05. The van der Waals surface area contributed by atoms with E-state index in [4.69, 9.17) is 11.6 Å². The highest BCUT2D eigenvalue weighted by molar-refractivity contribution is 7.89. The van der Waals surface area contributed by atoms with Crippen LogP contribution < -0.4 is 5.32 Å². The molecule has 1 fully saturated rings. The predicted molar refractivity (Wildman–Crippen MR) is 143 cm³/mol. The van der Waals surface area contributed by atoms with Crippen LogP contribution in [0.2, 0.25) is 5.02 Å². The second-order valence-electron chi connectivity index (χ2n) is 9.54. The number of carbonyl (C=O) groups is 1. The summed E-state index contributed by atoms with van der Waals surface area (Å²) in [5.41, 5.74) is 1.88. The highest BCUT2D eigenvalue weighted by Gasteiger charge is 2.39. The number of nitrogens with zero attached hydrogens (tertiary/aromatic N) is 5. The van der Waals surface area contributed by atoms with Crippen molar-refractivity contribution >= 4 is 49.8 Å². The SMILES string of the molecule is CC1Cc2nc(C(=O)N3CCN(S(=O)(=O)c4[nH]c5ccc(Cl)cc5c4CC#N)CC3CCC#N)sc2CN1. The molecule has 2 atom stereocenters. The van der Waals surface area contributed by atoms with Crippen LogP contribution in [0.1, 0.15) is 45.7 Å². The number of carbonyl (C=O) groups excluding carboxylic acids is 1. The van der Waals surface area contributed by atoms with E-state index in [9.17, 15) is 23.7 Å². The molecule has 0 spiro atoms. The fraction of sp³-hybridized carbons (Fsp3) is 0.440. The molecule has 1 amide bonds. The van der Waals surface area contributed by atoms with Crippen LogP contribution in [-0.2, 0) is 29.4 Å². The molecular weight excluding hydrogens is 546 g/mol. The fourth-order valence-corrected chi connectivity index (χ4v) is 7.96. The number of sulfonamides is 1. The lowest BCUT2D eigenvalue weighted by molar-refractivity contribution is 0.0552. The van der Waals surface area contributed by atoms with Gasteiger partial charge in [0.15, 0.2) is 10.0 Å². The van der Waals surface area contributed by atoms with E-state index in [0.29, 0.717) is 39.5 Å². The first kappa shape index (κ1) is 26.6. The van der Waals surface area contributed by atoms with E-state index in [1.165, 1.54) is 15.6 Å². The molecule has 10 nitrogen and oxygen atoms in total. The molecule has 5 rings (SSSR count). The van der Waals surface area contributed by atoms with Crippen molar-refractivity contribution in [3.63, 3.8) is 0 Å². The van der Waals surface area contributed by atoms with Crippen molar-refractivity contribution < 1.29 is 13.2 Å². The third-order valence-corrected chi connectivity index (χ3v) is 10.2. The highest BCUT2D eigenvalue weighted by Crippen LogP contribution is 2.32. The van der Waals surface area contributed by atoms with Gasteiger partial charge in [-0.2, -0.15) is 14.8 Å². The molecule has 2 aliphatic rings. The summed E-state index contributed by atoms with van der Waals surface area (Å²) in [7, 11) is -4.03. The first-order chi connectivity index (χ1) is 18.2. The Morgan fingerprint density at radius 3 is 2.87 bits per heavy atom. The molecule has 198 valence electrons. The smallest absolute Gasteiger partial charge is 0.283 e. The molecule has 2 aromatic heterocycles. The molecule has 2 unspecified atom stereocenters. The van der Waals surface area contributed by atoms with Crippen LogP contribution in [-0.4, -0.2) is 65.2 Å². The average Bonchev–Trinajstić information content (AvgIpc) is 3.48.